The number of phosphoric acid groups is 1. The zero-order chi connectivity index (χ0) is 39.3. The maximum absolute atomic E-state index is 12.6. The number of hydrogen-bond donors (Lipinski definition) is 0. The van der Waals surface area contributed by atoms with E-state index in [2.05, 4.69) is 38.2 Å². The molecule has 0 saturated carbocycles. The maximum atomic E-state index is 12.6. The van der Waals surface area contributed by atoms with Crippen molar-refractivity contribution < 1.29 is 42.1 Å². The van der Waals surface area contributed by atoms with Gasteiger partial charge in [0.1, 0.15) is 19.8 Å². The fraction of sp³-hybridized carbons (Fsp3) is 0.860. The Labute approximate surface area is 326 Å². The summed E-state index contributed by atoms with van der Waals surface area (Å²) in [5.74, 6) is -0.845. The minimum Gasteiger partial charge on any atom is -0.756 e. The van der Waals surface area contributed by atoms with Gasteiger partial charge in [0.15, 0.2) is 6.10 Å². The van der Waals surface area contributed by atoms with Crippen molar-refractivity contribution in [3.63, 3.8) is 0 Å². The molecule has 0 radical (unpaired) electrons. The van der Waals surface area contributed by atoms with Gasteiger partial charge in [-0.25, -0.2) is 0 Å². The smallest absolute Gasteiger partial charge is 0.306 e. The highest BCUT2D eigenvalue weighted by molar-refractivity contribution is 7.45. The van der Waals surface area contributed by atoms with Crippen molar-refractivity contribution in [3.05, 3.63) is 24.3 Å². The maximum Gasteiger partial charge on any atom is 0.306 e. The topological polar surface area (TPSA) is 111 Å². The van der Waals surface area contributed by atoms with E-state index in [1.54, 1.807) is 0 Å². The van der Waals surface area contributed by atoms with E-state index in [1.807, 2.05) is 21.1 Å². The number of carbonyl (C=O) groups is 2. The molecule has 0 aliphatic heterocycles. The summed E-state index contributed by atoms with van der Waals surface area (Å²) in [6.45, 7) is 4.19. The Hall–Kier alpha value is -1.51. The number of quaternary nitrogens is 1. The molecule has 0 spiro atoms. The van der Waals surface area contributed by atoms with E-state index in [1.165, 1.54) is 96.3 Å². The molecule has 0 saturated heterocycles. The summed E-state index contributed by atoms with van der Waals surface area (Å²) in [6.07, 6.45) is 37.7. The van der Waals surface area contributed by atoms with Crippen molar-refractivity contribution in [2.24, 2.45) is 0 Å². The second-order valence-electron chi connectivity index (χ2n) is 15.7. The Bertz CT molecular complexity index is 964. The van der Waals surface area contributed by atoms with Gasteiger partial charge in [-0.3, -0.25) is 14.2 Å². The largest absolute Gasteiger partial charge is 0.756 e. The second kappa shape index (κ2) is 36.1. The first-order chi connectivity index (χ1) is 25.5. The van der Waals surface area contributed by atoms with E-state index >= 15 is 0 Å². The van der Waals surface area contributed by atoms with Crippen molar-refractivity contribution in [3.8, 4) is 0 Å². The molecule has 0 rings (SSSR count). The van der Waals surface area contributed by atoms with E-state index in [4.69, 9.17) is 18.5 Å². The molecule has 0 aliphatic carbocycles. The van der Waals surface area contributed by atoms with Crippen molar-refractivity contribution >= 4 is 19.8 Å². The molecule has 0 fully saturated rings. The summed E-state index contributed by atoms with van der Waals surface area (Å²) in [7, 11) is 1.16. The van der Waals surface area contributed by atoms with Crippen LogP contribution in [0.3, 0.4) is 0 Å². The first kappa shape index (κ1) is 51.5. The number of phosphoric ester groups is 1. The van der Waals surface area contributed by atoms with Crippen molar-refractivity contribution in [1.82, 2.24) is 0 Å². The lowest BCUT2D eigenvalue weighted by molar-refractivity contribution is -0.870. The van der Waals surface area contributed by atoms with Crippen LogP contribution in [-0.4, -0.2) is 70.0 Å². The zero-order valence-corrected chi connectivity index (χ0v) is 35.9. The SMILES string of the molecule is CCCCC/C=C/C/C=C/CCCCCCCC(=O)O[C@H](COC(=O)CCCCCCCCCCCCCCCC)COP(=O)([O-])OCC[N+](C)(C)C. The Morgan fingerprint density at radius 3 is 1.53 bits per heavy atom. The summed E-state index contributed by atoms with van der Waals surface area (Å²) >= 11 is 0. The first-order valence-electron chi connectivity index (χ1n) is 21.5. The van der Waals surface area contributed by atoms with Gasteiger partial charge < -0.3 is 27.9 Å². The summed E-state index contributed by atoms with van der Waals surface area (Å²) in [6, 6.07) is 0. The number of unbranched alkanes of at least 4 members (excludes halogenated alkanes) is 21. The van der Waals surface area contributed by atoms with Crippen LogP contribution in [0.25, 0.3) is 0 Å². The lowest BCUT2D eigenvalue weighted by atomic mass is 10.0. The van der Waals surface area contributed by atoms with Gasteiger partial charge in [-0.05, 0) is 44.9 Å². The van der Waals surface area contributed by atoms with E-state index < -0.39 is 26.5 Å². The number of rotatable bonds is 39. The summed E-state index contributed by atoms with van der Waals surface area (Å²) < 4.78 is 33.9. The Morgan fingerprint density at radius 2 is 1.02 bits per heavy atom. The standard InChI is InChI=1S/C43H82NO8P/c1-6-8-10-12-14-16-18-20-22-24-26-28-30-32-34-36-43(46)52-41(40-51-53(47,48)50-38-37-44(3,4)5)39-49-42(45)35-33-31-29-27-25-23-21-19-17-15-13-11-9-7-2/h14,16,20,22,41H,6-13,15,17-19,21,23-40H2,1-5H3/b16-14+,22-20+/t41-/m1/s1. The van der Waals surface area contributed by atoms with Gasteiger partial charge in [0.25, 0.3) is 7.82 Å². The van der Waals surface area contributed by atoms with E-state index in [-0.39, 0.29) is 32.0 Å². The van der Waals surface area contributed by atoms with Crippen LogP contribution in [0.5, 0.6) is 0 Å². The highest BCUT2D eigenvalue weighted by Crippen LogP contribution is 2.38. The van der Waals surface area contributed by atoms with Gasteiger partial charge in [-0.15, -0.1) is 0 Å². The molecule has 0 N–H and O–H groups in total. The molecule has 10 heteroatoms. The summed E-state index contributed by atoms with van der Waals surface area (Å²) in [4.78, 5) is 37.5. The third kappa shape index (κ3) is 40.0. The highest BCUT2D eigenvalue weighted by Gasteiger charge is 2.21. The van der Waals surface area contributed by atoms with Gasteiger partial charge >= 0.3 is 11.9 Å². The van der Waals surface area contributed by atoms with Crippen LogP contribution in [0.4, 0.5) is 0 Å². The van der Waals surface area contributed by atoms with Crippen LogP contribution in [0.1, 0.15) is 187 Å². The number of allylic oxidation sites excluding steroid dienone is 4. The Kier molecular flexibility index (Phi) is 35.1. The molecule has 312 valence electrons. The predicted molar refractivity (Wildman–Crippen MR) is 218 cm³/mol. The number of esters is 2. The molecular weight excluding hydrogens is 689 g/mol. The molecule has 1 unspecified atom stereocenters. The van der Waals surface area contributed by atoms with Crippen LogP contribution in [0.15, 0.2) is 24.3 Å². The lowest BCUT2D eigenvalue weighted by Gasteiger charge is -2.28. The minimum absolute atomic E-state index is 0.0320. The van der Waals surface area contributed by atoms with Crippen molar-refractivity contribution in [2.75, 3.05) is 47.5 Å². The van der Waals surface area contributed by atoms with Gasteiger partial charge in [0.2, 0.25) is 0 Å². The third-order valence-corrected chi connectivity index (χ3v) is 10.2. The quantitative estimate of drug-likeness (QED) is 0.0200. The van der Waals surface area contributed by atoms with Crippen LogP contribution < -0.4 is 4.89 Å². The molecule has 0 amide bonds. The van der Waals surface area contributed by atoms with Crippen LogP contribution in [0.2, 0.25) is 0 Å². The summed E-state index contributed by atoms with van der Waals surface area (Å²) in [5, 5.41) is 0. The van der Waals surface area contributed by atoms with Gasteiger partial charge in [-0.2, -0.15) is 0 Å². The number of carbonyl (C=O) groups excluding carboxylic acids is 2. The molecule has 0 aromatic rings. The van der Waals surface area contributed by atoms with Crippen LogP contribution in [0, 0.1) is 0 Å². The first-order valence-corrected chi connectivity index (χ1v) is 23.0. The van der Waals surface area contributed by atoms with E-state index in [0.717, 1.165) is 57.8 Å². The number of ether oxygens (including phenoxy) is 2. The molecule has 0 aromatic heterocycles. The van der Waals surface area contributed by atoms with Crippen molar-refractivity contribution in [2.45, 2.75) is 193 Å². The number of hydrogen-bond acceptors (Lipinski definition) is 8. The van der Waals surface area contributed by atoms with Gasteiger partial charge in [0.05, 0.1) is 27.7 Å². The average Bonchev–Trinajstić information content (AvgIpc) is 3.10. The molecule has 0 bridgehead atoms. The monoisotopic (exact) mass is 772 g/mol. The third-order valence-electron chi connectivity index (χ3n) is 9.22. The molecule has 53 heavy (non-hydrogen) atoms. The Balaban J connectivity index is 4.39. The molecule has 9 nitrogen and oxygen atoms in total. The Morgan fingerprint density at radius 1 is 0.585 bits per heavy atom. The molecule has 0 aliphatic rings. The van der Waals surface area contributed by atoms with E-state index in [9.17, 15) is 19.0 Å². The molecular formula is C43H82NO8P. The number of nitrogens with zero attached hydrogens (tertiary/aromatic N) is 1. The average molecular weight is 772 g/mol. The normalized spacial score (nSPS) is 13.8. The summed E-state index contributed by atoms with van der Waals surface area (Å²) in [5.41, 5.74) is 0. The van der Waals surface area contributed by atoms with Gasteiger partial charge in [-0.1, -0.05) is 154 Å². The second-order valence-corrected chi connectivity index (χ2v) is 17.1. The predicted octanol–water partition coefficient (Wildman–Crippen LogP) is 11.3. The lowest BCUT2D eigenvalue weighted by Crippen LogP contribution is -2.37. The molecule has 0 heterocycles. The number of likely N-dealkylation sites (N-methyl/N-ethyl adjacent to an activating group) is 1. The van der Waals surface area contributed by atoms with Crippen LogP contribution >= 0.6 is 7.82 Å². The minimum atomic E-state index is -4.62. The van der Waals surface area contributed by atoms with E-state index in [0.29, 0.717) is 17.4 Å². The van der Waals surface area contributed by atoms with Crippen LogP contribution in [-0.2, 0) is 32.7 Å². The fourth-order valence-corrected chi connectivity index (χ4v) is 6.53. The van der Waals surface area contributed by atoms with Crippen molar-refractivity contribution in [1.29, 1.82) is 0 Å². The van der Waals surface area contributed by atoms with Gasteiger partial charge in [0, 0.05) is 12.8 Å². The highest BCUT2D eigenvalue weighted by atomic mass is 31.2. The zero-order valence-electron chi connectivity index (χ0n) is 35.0. The molecule has 2 atom stereocenters. The fourth-order valence-electron chi connectivity index (χ4n) is 5.80. The molecule has 0 aromatic carbocycles.